The molecular weight excluding hydrogens is 448 g/mol. The van der Waals surface area contributed by atoms with E-state index in [1.165, 1.54) is 0 Å². The molecule has 0 radical (unpaired) electrons. The molecule has 1 aromatic heterocycles. The van der Waals surface area contributed by atoms with E-state index >= 15 is 0 Å². The maximum Gasteiger partial charge on any atom is 0.226 e. The second-order valence-electron chi connectivity index (χ2n) is 9.25. The second kappa shape index (κ2) is 12.0. The van der Waals surface area contributed by atoms with Gasteiger partial charge in [-0.05, 0) is 57.0 Å². The molecule has 3 heterocycles. The quantitative estimate of drug-likeness (QED) is 0.319. The summed E-state index contributed by atoms with van der Waals surface area (Å²) in [5.74, 6) is 2.22. The van der Waals surface area contributed by atoms with E-state index < -0.39 is 0 Å². The van der Waals surface area contributed by atoms with Crippen LogP contribution in [0.4, 0.5) is 0 Å². The largest absolute Gasteiger partial charge is 0.497 e. The minimum Gasteiger partial charge on any atom is -0.497 e. The van der Waals surface area contributed by atoms with Gasteiger partial charge in [0, 0.05) is 50.2 Å². The fourth-order valence-electron chi connectivity index (χ4n) is 5.01. The summed E-state index contributed by atoms with van der Waals surface area (Å²) in [5, 5.41) is 0.760. The fourth-order valence-corrected chi connectivity index (χ4v) is 5.74. The van der Waals surface area contributed by atoms with Gasteiger partial charge in [0.05, 0.1) is 25.3 Å². The summed E-state index contributed by atoms with van der Waals surface area (Å²) in [6, 6.07) is 8.05. The van der Waals surface area contributed by atoms with E-state index in [2.05, 4.69) is 27.9 Å². The lowest BCUT2D eigenvalue weighted by molar-refractivity contribution is -0.138. The molecule has 0 N–H and O–H groups in total. The number of aromatic nitrogens is 2. The average molecular weight is 485 g/mol. The predicted octanol–water partition coefficient (Wildman–Crippen LogP) is 3.94. The molecule has 8 heteroatoms. The molecule has 0 spiro atoms. The fraction of sp³-hybridized carbons (Fsp3) is 0.577. The summed E-state index contributed by atoms with van der Waals surface area (Å²) in [5.41, 5.74) is 3.09. The highest BCUT2D eigenvalue weighted by Crippen LogP contribution is 2.36. The molecule has 0 aliphatic carbocycles. The van der Waals surface area contributed by atoms with Crippen molar-refractivity contribution in [2.24, 2.45) is 5.92 Å². The molecule has 1 amide bonds. The summed E-state index contributed by atoms with van der Waals surface area (Å²) in [6.07, 6.45) is 6.03. The lowest BCUT2D eigenvalue weighted by Gasteiger charge is -2.37. The van der Waals surface area contributed by atoms with Gasteiger partial charge in [0.25, 0.3) is 0 Å². The summed E-state index contributed by atoms with van der Waals surface area (Å²) in [6.45, 7) is 4.16. The number of methoxy groups -OCH3 is 2. The third-order valence-corrected chi connectivity index (χ3v) is 7.61. The van der Waals surface area contributed by atoms with E-state index in [-0.39, 0.29) is 11.8 Å². The van der Waals surface area contributed by atoms with Crippen LogP contribution in [-0.4, -0.2) is 85.5 Å². The molecule has 2 atom stereocenters. The Hall–Kier alpha value is -2.16. The monoisotopic (exact) mass is 484 g/mol. The third-order valence-electron chi connectivity index (χ3n) is 6.79. The number of thioether (sulfide) groups is 1. The Kier molecular flexibility index (Phi) is 8.80. The van der Waals surface area contributed by atoms with Crippen molar-refractivity contribution in [3.8, 4) is 16.9 Å². The zero-order chi connectivity index (χ0) is 23.9. The minimum absolute atomic E-state index is 0.112. The van der Waals surface area contributed by atoms with Crippen LogP contribution in [0.1, 0.15) is 37.3 Å². The van der Waals surface area contributed by atoms with E-state index in [9.17, 15) is 4.79 Å². The van der Waals surface area contributed by atoms with E-state index in [1.807, 2.05) is 24.4 Å². The Morgan fingerprint density at radius 3 is 2.82 bits per heavy atom. The number of likely N-dealkylation sites (tertiary alicyclic amines) is 2. The molecule has 1 aromatic carbocycles. The lowest BCUT2D eigenvalue weighted by Crippen LogP contribution is -2.47. The van der Waals surface area contributed by atoms with Crippen molar-refractivity contribution >= 4 is 17.7 Å². The Bertz CT molecular complexity index is 973. The molecule has 2 aliphatic heterocycles. The summed E-state index contributed by atoms with van der Waals surface area (Å²) >= 11 is 1.61. The van der Waals surface area contributed by atoms with Gasteiger partial charge in [-0.25, -0.2) is 9.97 Å². The predicted molar refractivity (Wildman–Crippen MR) is 135 cm³/mol. The van der Waals surface area contributed by atoms with Crippen LogP contribution in [0.3, 0.4) is 0 Å². The van der Waals surface area contributed by atoms with Crippen molar-refractivity contribution in [1.29, 1.82) is 0 Å². The number of hydrogen-bond donors (Lipinski definition) is 0. The topological polar surface area (TPSA) is 67.8 Å². The number of rotatable bonds is 8. The summed E-state index contributed by atoms with van der Waals surface area (Å²) in [7, 11) is 5.50. The summed E-state index contributed by atoms with van der Waals surface area (Å²) < 4.78 is 10.7. The number of benzene rings is 1. The van der Waals surface area contributed by atoms with Crippen LogP contribution in [0.25, 0.3) is 11.1 Å². The van der Waals surface area contributed by atoms with Gasteiger partial charge in [-0.15, -0.1) is 0 Å². The van der Waals surface area contributed by atoms with Gasteiger partial charge in [-0.1, -0.05) is 23.9 Å². The van der Waals surface area contributed by atoms with E-state index in [4.69, 9.17) is 14.5 Å². The van der Waals surface area contributed by atoms with Crippen LogP contribution in [0.5, 0.6) is 5.75 Å². The van der Waals surface area contributed by atoms with Crippen molar-refractivity contribution < 1.29 is 14.3 Å². The van der Waals surface area contributed by atoms with Crippen LogP contribution in [-0.2, 0) is 9.53 Å². The highest BCUT2D eigenvalue weighted by molar-refractivity contribution is 7.99. The minimum atomic E-state index is 0.112. The molecule has 0 bridgehead atoms. The summed E-state index contributed by atoms with van der Waals surface area (Å²) in [4.78, 5) is 27.4. The van der Waals surface area contributed by atoms with E-state index in [1.54, 1.807) is 26.0 Å². The van der Waals surface area contributed by atoms with Gasteiger partial charge < -0.3 is 19.3 Å². The molecule has 2 fully saturated rings. The number of nitrogens with zero attached hydrogens (tertiary/aromatic N) is 4. The molecular formula is C26H36N4O3S. The average Bonchev–Trinajstić information content (AvgIpc) is 2.88. The molecule has 4 rings (SSSR count). The third kappa shape index (κ3) is 6.09. The maximum absolute atomic E-state index is 13.4. The zero-order valence-electron chi connectivity index (χ0n) is 20.5. The first-order valence-electron chi connectivity index (χ1n) is 12.2. The van der Waals surface area contributed by atoms with Crippen LogP contribution < -0.4 is 4.74 Å². The first-order valence-corrected chi connectivity index (χ1v) is 13.2. The van der Waals surface area contributed by atoms with Crippen LogP contribution in [0.15, 0.2) is 35.6 Å². The Morgan fingerprint density at radius 1 is 1.18 bits per heavy atom. The van der Waals surface area contributed by atoms with Gasteiger partial charge in [0.1, 0.15) is 5.75 Å². The molecule has 184 valence electrons. The molecule has 34 heavy (non-hydrogen) atoms. The number of carbonyl (C=O) groups is 1. The van der Waals surface area contributed by atoms with E-state index in [0.29, 0.717) is 12.5 Å². The maximum atomic E-state index is 13.4. The smallest absolute Gasteiger partial charge is 0.226 e. The number of carbonyl (C=O) groups excluding carboxylic acids is 1. The van der Waals surface area contributed by atoms with Gasteiger partial charge >= 0.3 is 0 Å². The lowest BCUT2D eigenvalue weighted by atomic mass is 9.88. The Balaban J connectivity index is 1.60. The van der Waals surface area contributed by atoms with Gasteiger partial charge in [-0.2, -0.15) is 0 Å². The highest BCUT2D eigenvalue weighted by atomic mass is 32.2. The van der Waals surface area contributed by atoms with Gasteiger partial charge in [-0.3, -0.25) is 4.79 Å². The number of hydrogen-bond acceptors (Lipinski definition) is 7. The zero-order valence-corrected chi connectivity index (χ0v) is 21.4. The number of amides is 1. The molecule has 7 nitrogen and oxygen atoms in total. The number of ether oxygens (including phenoxy) is 2. The SMILES string of the molecule is COCCSc1ncc(-c2cccc(OC)c2)c([C@@H]2CCCN(C(=O)[C@H]3CCCN(C)C3)C2)n1. The van der Waals surface area contributed by atoms with Crippen molar-refractivity contribution in [3.05, 3.63) is 36.2 Å². The van der Waals surface area contributed by atoms with Crippen LogP contribution in [0, 0.1) is 5.92 Å². The van der Waals surface area contributed by atoms with Crippen molar-refractivity contribution in [2.45, 2.75) is 36.8 Å². The normalized spacial score (nSPS) is 21.4. The molecule has 0 unspecified atom stereocenters. The first kappa shape index (κ1) is 24.9. The van der Waals surface area contributed by atoms with Gasteiger partial charge in [0.2, 0.25) is 5.91 Å². The van der Waals surface area contributed by atoms with Crippen LogP contribution in [0.2, 0.25) is 0 Å². The number of piperidine rings is 2. The second-order valence-corrected chi connectivity index (χ2v) is 10.3. The molecule has 2 aromatic rings. The molecule has 0 saturated carbocycles. The highest BCUT2D eigenvalue weighted by Gasteiger charge is 2.33. The van der Waals surface area contributed by atoms with E-state index in [0.717, 1.165) is 85.3 Å². The van der Waals surface area contributed by atoms with Crippen LogP contribution >= 0.6 is 11.8 Å². The molecule has 2 saturated heterocycles. The Morgan fingerprint density at radius 2 is 2.03 bits per heavy atom. The van der Waals surface area contributed by atoms with Crippen molar-refractivity contribution in [3.63, 3.8) is 0 Å². The van der Waals surface area contributed by atoms with Crippen molar-refractivity contribution in [1.82, 2.24) is 19.8 Å². The van der Waals surface area contributed by atoms with Crippen molar-refractivity contribution in [2.75, 3.05) is 59.8 Å². The Labute approximate surface area is 207 Å². The first-order chi connectivity index (χ1) is 16.6. The molecule has 2 aliphatic rings. The standard InChI is InChI=1S/C26H36N4O3S/c1-29-11-5-9-21(17-29)25(31)30-12-6-8-20(18-30)24-23(19-7-4-10-22(15-19)33-3)16-27-26(28-24)34-14-13-32-2/h4,7,10,15-16,20-21H,5-6,8-9,11-14,17-18H2,1-3H3/t20-,21+/m1/s1. The van der Waals surface area contributed by atoms with Gasteiger partial charge in [0.15, 0.2) is 5.16 Å².